The van der Waals surface area contributed by atoms with Gasteiger partial charge in [0.05, 0.1) is 15.8 Å². The summed E-state index contributed by atoms with van der Waals surface area (Å²) in [6.07, 6.45) is 1.68. The number of aromatic nitrogens is 3. The number of anilines is 1. The summed E-state index contributed by atoms with van der Waals surface area (Å²) in [7, 11) is 0. The molecule has 1 aromatic carbocycles. The number of carbonyl (C=O) groups excluding carboxylic acids is 1. The SMILES string of the molecule is CCCc1nnc(SCC(=O)Nc2ccc(Cl)c(Cl)c2)n1N. The summed E-state index contributed by atoms with van der Waals surface area (Å²) in [4.78, 5) is 11.9. The number of hydrogen-bond acceptors (Lipinski definition) is 5. The van der Waals surface area contributed by atoms with Gasteiger partial charge >= 0.3 is 0 Å². The van der Waals surface area contributed by atoms with Crippen LogP contribution in [0.15, 0.2) is 23.4 Å². The van der Waals surface area contributed by atoms with E-state index in [1.165, 1.54) is 16.4 Å². The molecule has 1 heterocycles. The van der Waals surface area contributed by atoms with Crippen molar-refractivity contribution in [1.29, 1.82) is 0 Å². The van der Waals surface area contributed by atoms with Crippen LogP contribution in [0.1, 0.15) is 19.2 Å². The lowest BCUT2D eigenvalue weighted by molar-refractivity contribution is -0.113. The van der Waals surface area contributed by atoms with E-state index in [0.29, 0.717) is 26.7 Å². The number of hydrogen-bond donors (Lipinski definition) is 2. The van der Waals surface area contributed by atoms with Crippen LogP contribution in [-0.2, 0) is 11.2 Å². The Bertz CT molecular complexity index is 676. The van der Waals surface area contributed by atoms with Gasteiger partial charge in [0, 0.05) is 12.1 Å². The third-order valence-corrected chi connectivity index (χ3v) is 4.43. The molecule has 0 aliphatic heterocycles. The maximum absolute atomic E-state index is 11.9. The van der Waals surface area contributed by atoms with Crippen LogP contribution >= 0.6 is 35.0 Å². The molecule has 0 spiro atoms. The Kier molecular flexibility index (Phi) is 5.93. The first kappa shape index (κ1) is 16.9. The number of nitrogens with two attached hydrogens (primary N) is 1. The van der Waals surface area contributed by atoms with Crippen LogP contribution in [0, 0.1) is 0 Å². The molecule has 0 aliphatic rings. The summed E-state index contributed by atoms with van der Waals surface area (Å²) in [6, 6.07) is 4.90. The Morgan fingerprint density at radius 3 is 2.82 bits per heavy atom. The molecule has 0 radical (unpaired) electrons. The second-order valence-corrected chi connectivity index (χ2v) is 6.24. The number of benzene rings is 1. The highest BCUT2D eigenvalue weighted by molar-refractivity contribution is 7.99. The average Bonchev–Trinajstić information content (AvgIpc) is 2.82. The largest absolute Gasteiger partial charge is 0.336 e. The van der Waals surface area contributed by atoms with Crippen LogP contribution < -0.4 is 11.2 Å². The van der Waals surface area contributed by atoms with E-state index in [4.69, 9.17) is 29.0 Å². The Hall–Kier alpha value is -1.44. The smallest absolute Gasteiger partial charge is 0.234 e. The lowest BCUT2D eigenvalue weighted by Crippen LogP contribution is -2.17. The molecule has 0 bridgehead atoms. The van der Waals surface area contributed by atoms with Gasteiger partial charge in [-0.1, -0.05) is 41.9 Å². The number of thioether (sulfide) groups is 1. The number of nitrogens with one attached hydrogen (secondary N) is 1. The topological polar surface area (TPSA) is 85.8 Å². The van der Waals surface area contributed by atoms with E-state index in [0.717, 1.165) is 12.8 Å². The molecular formula is C13H15Cl2N5OS. The van der Waals surface area contributed by atoms with Gasteiger partial charge in [0.25, 0.3) is 0 Å². The first-order chi connectivity index (χ1) is 10.5. The Balaban J connectivity index is 1.91. The molecule has 0 unspecified atom stereocenters. The molecule has 0 fully saturated rings. The standard InChI is InChI=1S/C13H15Cl2N5OS/c1-2-3-11-18-19-13(20(11)16)22-7-12(21)17-8-4-5-9(14)10(15)6-8/h4-6H,2-3,7,16H2,1H3,(H,17,21). The minimum atomic E-state index is -0.191. The van der Waals surface area contributed by atoms with Crippen LogP contribution in [0.4, 0.5) is 5.69 Å². The predicted molar refractivity (Wildman–Crippen MR) is 90.0 cm³/mol. The van der Waals surface area contributed by atoms with Crippen LogP contribution in [-0.4, -0.2) is 26.5 Å². The highest BCUT2D eigenvalue weighted by atomic mass is 35.5. The fraction of sp³-hybridized carbons (Fsp3) is 0.308. The number of nitrogen functional groups attached to an aromatic ring is 1. The molecule has 0 aliphatic carbocycles. The number of amides is 1. The van der Waals surface area contributed by atoms with Crippen molar-refractivity contribution in [1.82, 2.24) is 14.9 Å². The van der Waals surface area contributed by atoms with Crippen molar-refractivity contribution < 1.29 is 4.79 Å². The van der Waals surface area contributed by atoms with E-state index in [1.54, 1.807) is 18.2 Å². The van der Waals surface area contributed by atoms with Crippen molar-refractivity contribution in [2.75, 3.05) is 16.9 Å². The number of halogens is 2. The normalized spacial score (nSPS) is 10.7. The van der Waals surface area contributed by atoms with E-state index in [1.807, 2.05) is 6.92 Å². The zero-order valence-electron chi connectivity index (χ0n) is 11.8. The van der Waals surface area contributed by atoms with Gasteiger partial charge in [-0.15, -0.1) is 10.2 Å². The third-order valence-electron chi connectivity index (χ3n) is 2.74. The van der Waals surface area contributed by atoms with Crippen molar-refractivity contribution in [3.63, 3.8) is 0 Å². The number of nitrogens with zero attached hydrogens (tertiary/aromatic N) is 3. The Labute approximate surface area is 142 Å². The summed E-state index contributed by atoms with van der Waals surface area (Å²) in [5.74, 6) is 6.55. The molecule has 1 amide bonds. The van der Waals surface area contributed by atoms with Gasteiger partial charge in [0.1, 0.15) is 0 Å². The summed E-state index contributed by atoms with van der Waals surface area (Å²) >= 11 is 12.9. The van der Waals surface area contributed by atoms with Crippen LogP contribution in [0.2, 0.25) is 10.0 Å². The fourth-order valence-corrected chi connectivity index (χ4v) is 2.67. The highest BCUT2D eigenvalue weighted by Gasteiger charge is 2.12. The van der Waals surface area contributed by atoms with Crippen LogP contribution in [0.5, 0.6) is 0 Å². The van der Waals surface area contributed by atoms with Gasteiger partial charge in [-0.3, -0.25) is 4.79 Å². The molecule has 0 atom stereocenters. The maximum Gasteiger partial charge on any atom is 0.234 e. The van der Waals surface area contributed by atoms with E-state index >= 15 is 0 Å². The van der Waals surface area contributed by atoms with E-state index in [9.17, 15) is 4.79 Å². The quantitative estimate of drug-likeness (QED) is 0.611. The average molecular weight is 360 g/mol. The van der Waals surface area contributed by atoms with Gasteiger partial charge < -0.3 is 11.2 Å². The van der Waals surface area contributed by atoms with E-state index < -0.39 is 0 Å². The molecule has 6 nitrogen and oxygen atoms in total. The number of carbonyl (C=O) groups is 1. The third kappa shape index (κ3) is 4.28. The van der Waals surface area contributed by atoms with Gasteiger partial charge in [0.2, 0.25) is 11.1 Å². The zero-order valence-corrected chi connectivity index (χ0v) is 14.2. The van der Waals surface area contributed by atoms with Gasteiger partial charge in [-0.05, 0) is 24.6 Å². The maximum atomic E-state index is 11.9. The molecule has 0 saturated heterocycles. The van der Waals surface area contributed by atoms with Gasteiger partial charge in [0.15, 0.2) is 5.82 Å². The van der Waals surface area contributed by atoms with Gasteiger partial charge in [-0.2, -0.15) is 0 Å². The summed E-state index contributed by atoms with van der Waals surface area (Å²) in [5, 5.41) is 12.0. The fourth-order valence-electron chi connectivity index (χ4n) is 1.70. The molecule has 2 rings (SSSR count). The van der Waals surface area contributed by atoms with Crippen molar-refractivity contribution in [2.45, 2.75) is 24.9 Å². The van der Waals surface area contributed by atoms with Crippen molar-refractivity contribution in [3.8, 4) is 0 Å². The Morgan fingerprint density at radius 2 is 2.14 bits per heavy atom. The molecular weight excluding hydrogens is 345 g/mol. The van der Waals surface area contributed by atoms with E-state index in [-0.39, 0.29) is 11.7 Å². The van der Waals surface area contributed by atoms with Crippen molar-refractivity contribution in [2.24, 2.45) is 0 Å². The first-order valence-corrected chi connectivity index (χ1v) is 8.32. The monoisotopic (exact) mass is 359 g/mol. The summed E-state index contributed by atoms with van der Waals surface area (Å²) in [5.41, 5.74) is 0.584. The van der Waals surface area contributed by atoms with Crippen molar-refractivity contribution in [3.05, 3.63) is 34.1 Å². The molecule has 3 N–H and O–H groups in total. The molecule has 1 aromatic heterocycles. The second-order valence-electron chi connectivity index (χ2n) is 4.48. The first-order valence-electron chi connectivity index (χ1n) is 6.58. The lowest BCUT2D eigenvalue weighted by Gasteiger charge is -2.06. The molecule has 22 heavy (non-hydrogen) atoms. The lowest BCUT2D eigenvalue weighted by atomic mass is 10.3. The summed E-state index contributed by atoms with van der Waals surface area (Å²) < 4.78 is 1.42. The minimum Gasteiger partial charge on any atom is -0.336 e. The predicted octanol–water partition coefficient (Wildman–Crippen LogP) is 2.98. The van der Waals surface area contributed by atoms with E-state index in [2.05, 4.69) is 15.5 Å². The second kappa shape index (κ2) is 7.71. The highest BCUT2D eigenvalue weighted by Crippen LogP contribution is 2.25. The zero-order chi connectivity index (χ0) is 16.1. The number of aryl methyl sites for hydroxylation is 1. The number of rotatable bonds is 6. The van der Waals surface area contributed by atoms with Crippen LogP contribution in [0.25, 0.3) is 0 Å². The molecule has 2 aromatic rings. The van der Waals surface area contributed by atoms with Crippen LogP contribution in [0.3, 0.4) is 0 Å². The molecule has 0 saturated carbocycles. The summed E-state index contributed by atoms with van der Waals surface area (Å²) in [6.45, 7) is 2.03. The Morgan fingerprint density at radius 1 is 1.36 bits per heavy atom. The minimum absolute atomic E-state index is 0.168. The van der Waals surface area contributed by atoms with Gasteiger partial charge in [-0.25, -0.2) is 4.68 Å². The molecule has 9 heteroatoms. The van der Waals surface area contributed by atoms with Crippen molar-refractivity contribution >= 4 is 46.6 Å². The molecule has 118 valence electrons.